The van der Waals surface area contributed by atoms with Gasteiger partial charge in [-0.1, -0.05) is 29.8 Å². The Morgan fingerprint density at radius 3 is 2.80 bits per heavy atom. The normalized spacial score (nSPS) is 10.3. The molecule has 4 heteroatoms. The zero-order valence-corrected chi connectivity index (χ0v) is 12.1. The number of halogens is 1. The maximum atomic E-state index is 13.5. The van der Waals surface area contributed by atoms with Crippen LogP contribution in [0.4, 0.5) is 4.39 Å². The third-order valence-corrected chi connectivity index (χ3v) is 3.25. The lowest BCUT2D eigenvalue weighted by atomic mass is 10.1. The van der Waals surface area contributed by atoms with Crippen molar-refractivity contribution in [2.24, 2.45) is 0 Å². The lowest BCUT2D eigenvalue weighted by molar-refractivity contribution is 0.0950. The predicted octanol–water partition coefficient (Wildman–Crippen LogP) is 3.40. The fourth-order valence-corrected chi connectivity index (χ4v) is 2.17. The molecule has 104 valence electrons. The molecule has 0 spiro atoms. The average molecular weight is 289 g/mol. The van der Waals surface area contributed by atoms with Crippen LogP contribution in [0.1, 0.15) is 21.5 Å². The first kappa shape index (κ1) is 14.6. The molecule has 0 aliphatic carbocycles. The summed E-state index contributed by atoms with van der Waals surface area (Å²) in [4.78, 5) is 12.5. The molecule has 0 unspecified atom stereocenters. The molecule has 2 nitrogen and oxygen atoms in total. The maximum Gasteiger partial charge on any atom is 0.254 e. The van der Waals surface area contributed by atoms with Crippen molar-refractivity contribution in [2.45, 2.75) is 18.2 Å². The second-order valence-electron chi connectivity index (χ2n) is 4.66. The molecular weight excluding hydrogens is 273 g/mol. The van der Waals surface area contributed by atoms with Crippen molar-refractivity contribution in [3.63, 3.8) is 0 Å². The molecule has 1 amide bonds. The van der Waals surface area contributed by atoms with E-state index in [4.69, 9.17) is 0 Å². The fourth-order valence-electron chi connectivity index (χ4n) is 1.97. The average Bonchev–Trinajstić information content (AvgIpc) is 2.41. The molecule has 0 bridgehead atoms. The molecular formula is C16H16FNOS. The highest BCUT2D eigenvalue weighted by Gasteiger charge is 2.11. The number of hydrogen-bond acceptors (Lipinski definition) is 2. The molecule has 2 rings (SSSR count). The van der Waals surface area contributed by atoms with Crippen LogP contribution in [-0.4, -0.2) is 12.5 Å². The van der Waals surface area contributed by atoms with Gasteiger partial charge in [-0.2, -0.15) is 0 Å². The van der Waals surface area contributed by atoms with Gasteiger partial charge in [-0.05, 0) is 37.1 Å². The molecule has 1 N–H and O–H groups in total. The van der Waals surface area contributed by atoms with Crippen LogP contribution in [0.2, 0.25) is 0 Å². The van der Waals surface area contributed by atoms with Gasteiger partial charge >= 0.3 is 0 Å². The molecule has 0 fully saturated rings. The molecule has 0 aromatic heterocycles. The van der Waals surface area contributed by atoms with Gasteiger partial charge in [-0.25, -0.2) is 4.39 Å². The summed E-state index contributed by atoms with van der Waals surface area (Å²) in [6.07, 6.45) is 0.718. The molecule has 0 radical (unpaired) electrons. The number of hydrogen-bond donors (Lipinski definition) is 2. The van der Waals surface area contributed by atoms with Crippen molar-refractivity contribution >= 4 is 18.5 Å². The van der Waals surface area contributed by atoms with Crippen LogP contribution in [0.15, 0.2) is 47.4 Å². The molecule has 0 saturated carbocycles. The van der Waals surface area contributed by atoms with Gasteiger partial charge in [0, 0.05) is 11.4 Å². The first-order chi connectivity index (χ1) is 9.56. The lowest BCUT2D eigenvalue weighted by Gasteiger charge is -2.07. The van der Waals surface area contributed by atoms with Gasteiger partial charge < -0.3 is 5.32 Å². The van der Waals surface area contributed by atoms with Crippen molar-refractivity contribution in [1.29, 1.82) is 0 Å². The second kappa shape index (κ2) is 6.57. The highest BCUT2D eigenvalue weighted by molar-refractivity contribution is 7.80. The maximum absolute atomic E-state index is 13.5. The predicted molar refractivity (Wildman–Crippen MR) is 80.9 cm³/mol. The summed E-state index contributed by atoms with van der Waals surface area (Å²) in [7, 11) is 0. The van der Waals surface area contributed by atoms with Crippen LogP contribution in [0.3, 0.4) is 0 Å². The molecule has 0 saturated heterocycles. The van der Waals surface area contributed by atoms with Gasteiger partial charge in [0.1, 0.15) is 5.82 Å². The number of carbonyl (C=O) groups excluding carboxylic acids is 1. The standard InChI is InChI=1S/C16H16FNOS/c1-11-3-2-4-12(9-11)7-8-18-16(19)14-10-13(20)5-6-15(14)17/h2-6,9-10,20H,7-8H2,1H3,(H,18,19). The summed E-state index contributed by atoms with van der Waals surface area (Å²) in [5, 5.41) is 2.72. The fraction of sp³-hybridized carbons (Fsp3) is 0.188. The number of benzene rings is 2. The molecule has 0 aliphatic rings. The Bertz CT molecular complexity index is 628. The third-order valence-electron chi connectivity index (χ3n) is 2.98. The monoisotopic (exact) mass is 289 g/mol. The number of amides is 1. The van der Waals surface area contributed by atoms with E-state index in [-0.39, 0.29) is 5.56 Å². The number of nitrogens with one attached hydrogen (secondary N) is 1. The Balaban J connectivity index is 1.94. The topological polar surface area (TPSA) is 29.1 Å². The van der Waals surface area contributed by atoms with Crippen molar-refractivity contribution < 1.29 is 9.18 Å². The van der Waals surface area contributed by atoms with Gasteiger partial charge in [0.2, 0.25) is 0 Å². The number of rotatable bonds is 4. The van der Waals surface area contributed by atoms with Gasteiger partial charge in [-0.15, -0.1) is 12.6 Å². The summed E-state index contributed by atoms with van der Waals surface area (Å²) >= 11 is 4.11. The van der Waals surface area contributed by atoms with E-state index >= 15 is 0 Å². The Kier molecular flexibility index (Phi) is 4.79. The van der Waals surface area contributed by atoms with Crippen LogP contribution >= 0.6 is 12.6 Å². The smallest absolute Gasteiger partial charge is 0.254 e. The first-order valence-corrected chi connectivity index (χ1v) is 6.83. The van der Waals surface area contributed by atoms with Gasteiger partial charge in [0.25, 0.3) is 5.91 Å². The van der Waals surface area contributed by atoms with E-state index < -0.39 is 11.7 Å². The van der Waals surface area contributed by atoms with Crippen molar-refractivity contribution in [2.75, 3.05) is 6.54 Å². The molecule has 0 atom stereocenters. The van der Waals surface area contributed by atoms with Gasteiger partial charge in [-0.3, -0.25) is 4.79 Å². The highest BCUT2D eigenvalue weighted by atomic mass is 32.1. The minimum Gasteiger partial charge on any atom is -0.352 e. The van der Waals surface area contributed by atoms with Crippen LogP contribution < -0.4 is 5.32 Å². The van der Waals surface area contributed by atoms with Crippen molar-refractivity contribution in [3.05, 3.63) is 65.0 Å². The van der Waals surface area contributed by atoms with Crippen LogP contribution in [0, 0.1) is 12.7 Å². The van der Waals surface area contributed by atoms with E-state index in [0.29, 0.717) is 11.4 Å². The summed E-state index contributed by atoms with van der Waals surface area (Å²) in [5.41, 5.74) is 2.36. The van der Waals surface area contributed by atoms with Crippen molar-refractivity contribution in [3.8, 4) is 0 Å². The third kappa shape index (κ3) is 3.84. The molecule has 0 aliphatic heterocycles. The summed E-state index contributed by atoms with van der Waals surface area (Å²) in [5.74, 6) is -0.943. The Hall–Kier alpha value is -1.81. The van der Waals surface area contributed by atoms with Crippen LogP contribution in [0.25, 0.3) is 0 Å². The number of carbonyl (C=O) groups is 1. The number of aryl methyl sites for hydroxylation is 1. The zero-order valence-electron chi connectivity index (χ0n) is 11.2. The summed E-state index contributed by atoms with van der Waals surface area (Å²) < 4.78 is 13.5. The molecule has 20 heavy (non-hydrogen) atoms. The van der Waals surface area contributed by atoms with E-state index in [1.807, 2.05) is 25.1 Å². The number of thiol groups is 1. The Morgan fingerprint density at radius 2 is 2.05 bits per heavy atom. The Morgan fingerprint density at radius 1 is 1.25 bits per heavy atom. The minimum atomic E-state index is -0.532. The second-order valence-corrected chi connectivity index (χ2v) is 5.18. The van der Waals surface area contributed by atoms with E-state index in [1.165, 1.54) is 23.8 Å². The highest BCUT2D eigenvalue weighted by Crippen LogP contribution is 2.13. The SMILES string of the molecule is Cc1cccc(CCNC(=O)c2cc(S)ccc2F)c1. The zero-order chi connectivity index (χ0) is 14.5. The van der Waals surface area contributed by atoms with E-state index in [1.54, 1.807) is 0 Å². The van der Waals surface area contributed by atoms with Crippen LogP contribution in [0.5, 0.6) is 0 Å². The summed E-state index contributed by atoms with van der Waals surface area (Å²) in [6, 6.07) is 12.3. The Labute approximate surface area is 123 Å². The lowest BCUT2D eigenvalue weighted by Crippen LogP contribution is -2.26. The van der Waals surface area contributed by atoms with Gasteiger partial charge in [0.05, 0.1) is 5.56 Å². The minimum absolute atomic E-state index is 0.0294. The molecule has 2 aromatic carbocycles. The van der Waals surface area contributed by atoms with E-state index in [9.17, 15) is 9.18 Å². The molecule has 2 aromatic rings. The van der Waals surface area contributed by atoms with E-state index in [2.05, 4.69) is 24.0 Å². The van der Waals surface area contributed by atoms with Gasteiger partial charge in [0.15, 0.2) is 0 Å². The van der Waals surface area contributed by atoms with Crippen molar-refractivity contribution in [1.82, 2.24) is 5.32 Å². The largest absolute Gasteiger partial charge is 0.352 e. The quantitative estimate of drug-likeness (QED) is 0.830. The van der Waals surface area contributed by atoms with Crippen LogP contribution in [-0.2, 0) is 6.42 Å². The first-order valence-electron chi connectivity index (χ1n) is 6.38. The summed E-state index contributed by atoms with van der Waals surface area (Å²) in [6.45, 7) is 2.49. The van der Waals surface area contributed by atoms with E-state index in [0.717, 1.165) is 12.0 Å². The molecule has 0 heterocycles.